The van der Waals surface area contributed by atoms with E-state index >= 15 is 0 Å². The van der Waals surface area contributed by atoms with Crippen LogP contribution in [0.4, 0.5) is 17.2 Å². The van der Waals surface area contributed by atoms with E-state index in [4.69, 9.17) is 15.5 Å². The van der Waals surface area contributed by atoms with Gasteiger partial charge < -0.3 is 25.6 Å². The average Bonchev–Trinajstić information content (AvgIpc) is 3.62. The number of piperazine rings is 1. The number of nitrogens with two attached hydrogens (primary N) is 1. The number of nitrogens with one attached hydrogen (secondary N) is 1. The van der Waals surface area contributed by atoms with Crippen LogP contribution in [-0.4, -0.2) is 62.2 Å². The summed E-state index contributed by atoms with van der Waals surface area (Å²) in [5.41, 5.74) is 11.7. The number of anilines is 3. The van der Waals surface area contributed by atoms with Crippen molar-refractivity contribution in [1.29, 1.82) is 0 Å². The maximum absolute atomic E-state index is 12.5. The van der Waals surface area contributed by atoms with Crippen molar-refractivity contribution in [2.75, 3.05) is 56.3 Å². The monoisotopic (exact) mass is 423 g/mol. The Hall–Kier alpha value is -2.80. The van der Waals surface area contributed by atoms with Crippen LogP contribution in [0.3, 0.4) is 0 Å². The zero-order chi connectivity index (χ0) is 22.0. The van der Waals surface area contributed by atoms with Gasteiger partial charge in [0, 0.05) is 57.0 Å². The molecule has 1 aromatic carbocycles. The first kappa shape index (κ1) is 21.4. The van der Waals surface area contributed by atoms with Crippen LogP contribution in [0.5, 0.6) is 0 Å². The first-order chi connectivity index (χ1) is 15.0. The van der Waals surface area contributed by atoms with E-state index in [0.29, 0.717) is 31.2 Å². The molecule has 2 fully saturated rings. The molecule has 1 saturated carbocycles. The van der Waals surface area contributed by atoms with Crippen molar-refractivity contribution in [3.05, 3.63) is 36.0 Å². The number of hydrogen-bond acceptors (Lipinski definition) is 6. The molecule has 1 aromatic heterocycles. The number of ether oxygens (including phenoxy) is 1. The van der Waals surface area contributed by atoms with E-state index in [2.05, 4.69) is 47.5 Å². The second kappa shape index (κ2) is 9.14. The van der Waals surface area contributed by atoms with Gasteiger partial charge in [0.25, 0.3) is 0 Å². The Balaban J connectivity index is 1.59. The normalized spacial score (nSPS) is 18.9. The highest BCUT2D eigenvalue weighted by Crippen LogP contribution is 2.45. The lowest BCUT2D eigenvalue weighted by Crippen LogP contribution is -2.54. The van der Waals surface area contributed by atoms with Gasteiger partial charge in [0.1, 0.15) is 0 Å². The first-order valence-electron chi connectivity index (χ1n) is 11.1. The second-order valence-electron chi connectivity index (χ2n) is 8.56. The maximum Gasteiger partial charge on any atom is 0.225 e. The zero-order valence-corrected chi connectivity index (χ0v) is 18.7. The number of hydrogen-bond donors (Lipinski definition) is 2. The van der Waals surface area contributed by atoms with Gasteiger partial charge in [-0.3, -0.25) is 4.79 Å². The molecule has 7 nitrogen and oxygen atoms in total. The van der Waals surface area contributed by atoms with Crippen molar-refractivity contribution < 1.29 is 9.53 Å². The molecule has 0 bridgehead atoms. The summed E-state index contributed by atoms with van der Waals surface area (Å²) in [5, 5.41) is 3.21. The summed E-state index contributed by atoms with van der Waals surface area (Å²) >= 11 is 0. The van der Waals surface area contributed by atoms with Gasteiger partial charge in [0.15, 0.2) is 5.82 Å². The SMILES string of the molecule is CNc1cccc(-c2cc(N)c(N3CCN(C(=O)CCOC)C(C)C3)nc2C2CC2)c1. The number of aromatic nitrogens is 1. The van der Waals surface area contributed by atoms with E-state index in [1.54, 1.807) is 7.11 Å². The first-order valence-corrected chi connectivity index (χ1v) is 11.1. The Morgan fingerprint density at radius 2 is 2.10 bits per heavy atom. The molecule has 1 aliphatic carbocycles. The minimum absolute atomic E-state index is 0.107. The number of benzene rings is 1. The van der Waals surface area contributed by atoms with Crippen molar-refractivity contribution in [2.24, 2.45) is 0 Å². The third-order valence-corrected chi connectivity index (χ3v) is 6.25. The largest absolute Gasteiger partial charge is 0.396 e. The fraction of sp³-hybridized carbons (Fsp3) is 0.500. The molecule has 1 aliphatic heterocycles. The van der Waals surface area contributed by atoms with Crippen LogP contribution in [-0.2, 0) is 9.53 Å². The highest BCUT2D eigenvalue weighted by atomic mass is 16.5. The number of carbonyl (C=O) groups is 1. The van der Waals surface area contributed by atoms with Gasteiger partial charge in [-0.1, -0.05) is 12.1 Å². The van der Waals surface area contributed by atoms with E-state index in [9.17, 15) is 4.79 Å². The molecule has 166 valence electrons. The van der Waals surface area contributed by atoms with Gasteiger partial charge in [-0.05, 0) is 43.5 Å². The number of nitrogens with zero attached hydrogens (tertiary/aromatic N) is 3. The van der Waals surface area contributed by atoms with Crippen molar-refractivity contribution >= 4 is 23.1 Å². The molecule has 1 amide bonds. The fourth-order valence-corrected chi connectivity index (χ4v) is 4.38. The summed E-state index contributed by atoms with van der Waals surface area (Å²) in [7, 11) is 3.55. The molecule has 1 saturated heterocycles. The Labute approximate surface area is 184 Å². The van der Waals surface area contributed by atoms with Crippen molar-refractivity contribution in [3.8, 4) is 11.1 Å². The summed E-state index contributed by atoms with van der Waals surface area (Å²) in [6, 6.07) is 10.6. The van der Waals surface area contributed by atoms with Crippen LogP contribution in [0.15, 0.2) is 30.3 Å². The quantitative estimate of drug-likeness (QED) is 0.711. The zero-order valence-electron chi connectivity index (χ0n) is 18.7. The van der Waals surface area contributed by atoms with Crippen molar-refractivity contribution in [2.45, 2.75) is 38.1 Å². The average molecular weight is 424 g/mol. The van der Waals surface area contributed by atoms with E-state index < -0.39 is 0 Å². The van der Waals surface area contributed by atoms with Crippen LogP contribution < -0.4 is 16.0 Å². The molecule has 3 N–H and O–H groups in total. The number of nitrogen functional groups attached to an aromatic ring is 1. The van der Waals surface area contributed by atoms with Gasteiger partial charge in [-0.2, -0.15) is 0 Å². The molecule has 2 heterocycles. The van der Waals surface area contributed by atoms with Gasteiger partial charge in [0.05, 0.1) is 24.4 Å². The molecule has 31 heavy (non-hydrogen) atoms. The Morgan fingerprint density at radius 3 is 2.77 bits per heavy atom. The minimum Gasteiger partial charge on any atom is -0.396 e. The van der Waals surface area contributed by atoms with E-state index in [-0.39, 0.29) is 11.9 Å². The summed E-state index contributed by atoms with van der Waals surface area (Å²) in [6.45, 7) is 4.69. The van der Waals surface area contributed by atoms with E-state index in [1.165, 1.54) is 12.8 Å². The van der Waals surface area contributed by atoms with Gasteiger partial charge >= 0.3 is 0 Å². The van der Waals surface area contributed by atoms with Crippen LogP contribution in [0.2, 0.25) is 0 Å². The van der Waals surface area contributed by atoms with Crippen LogP contribution in [0.25, 0.3) is 11.1 Å². The lowest BCUT2D eigenvalue weighted by atomic mass is 10.00. The van der Waals surface area contributed by atoms with Gasteiger partial charge in [-0.25, -0.2) is 4.98 Å². The second-order valence-corrected chi connectivity index (χ2v) is 8.56. The van der Waals surface area contributed by atoms with Gasteiger partial charge in [-0.15, -0.1) is 0 Å². The lowest BCUT2D eigenvalue weighted by Gasteiger charge is -2.41. The fourth-order valence-electron chi connectivity index (χ4n) is 4.38. The Kier molecular flexibility index (Phi) is 6.32. The van der Waals surface area contributed by atoms with Crippen molar-refractivity contribution in [3.63, 3.8) is 0 Å². The number of methoxy groups -OCH3 is 1. The molecule has 1 unspecified atom stereocenters. The Bertz CT molecular complexity index is 944. The van der Waals surface area contributed by atoms with E-state index in [0.717, 1.165) is 41.4 Å². The van der Waals surface area contributed by atoms with Crippen LogP contribution >= 0.6 is 0 Å². The Morgan fingerprint density at radius 1 is 1.29 bits per heavy atom. The van der Waals surface area contributed by atoms with Crippen LogP contribution in [0, 0.1) is 0 Å². The number of pyridine rings is 1. The molecule has 0 radical (unpaired) electrons. The lowest BCUT2D eigenvalue weighted by molar-refractivity contribution is -0.134. The number of amides is 1. The molecule has 2 aromatic rings. The summed E-state index contributed by atoms with van der Waals surface area (Å²) in [4.78, 5) is 21.8. The number of rotatable bonds is 7. The molecule has 7 heteroatoms. The van der Waals surface area contributed by atoms with E-state index in [1.807, 2.05) is 11.9 Å². The molecule has 2 aliphatic rings. The predicted molar refractivity (Wildman–Crippen MR) is 125 cm³/mol. The standard InChI is InChI=1S/C24H33N5O2/c1-16-15-28(10-11-29(16)22(30)9-12-31-3)24-21(25)14-20(23(27-24)17-7-8-17)18-5-4-6-19(13-18)26-2/h4-6,13-14,16-17,26H,7-12,15,25H2,1-3H3. The topological polar surface area (TPSA) is 83.7 Å². The predicted octanol–water partition coefficient (Wildman–Crippen LogP) is 3.32. The smallest absolute Gasteiger partial charge is 0.225 e. The molecule has 4 rings (SSSR count). The van der Waals surface area contributed by atoms with Crippen molar-refractivity contribution in [1.82, 2.24) is 9.88 Å². The minimum atomic E-state index is 0.107. The third-order valence-electron chi connectivity index (χ3n) is 6.25. The summed E-state index contributed by atoms with van der Waals surface area (Å²) < 4.78 is 5.06. The molecular formula is C24H33N5O2. The molecule has 1 atom stereocenters. The molecular weight excluding hydrogens is 390 g/mol. The maximum atomic E-state index is 12.5. The van der Waals surface area contributed by atoms with Gasteiger partial charge in [0.2, 0.25) is 5.91 Å². The summed E-state index contributed by atoms with van der Waals surface area (Å²) in [6.07, 6.45) is 2.77. The highest BCUT2D eigenvalue weighted by Gasteiger charge is 2.32. The highest BCUT2D eigenvalue weighted by molar-refractivity contribution is 5.79. The van der Waals surface area contributed by atoms with Crippen LogP contribution in [0.1, 0.15) is 37.8 Å². The third kappa shape index (κ3) is 4.61. The number of carbonyl (C=O) groups excluding carboxylic acids is 1. The summed E-state index contributed by atoms with van der Waals surface area (Å²) in [5.74, 6) is 1.50. The molecule has 0 spiro atoms.